The molecule has 2 aromatic heterocycles. The summed E-state index contributed by atoms with van der Waals surface area (Å²) < 4.78 is 6.53. The van der Waals surface area contributed by atoms with Crippen LogP contribution in [0.5, 0.6) is 0 Å². The van der Waals surface area contributed by atoms with Gasteiger partial charge in [0, 0.05) is 17.8 Å². The van der Waals surface area contributed by atoms with Gasteiger partial charge < -0.3 is 4.42 Å². The summed E-state index contributed by atoms with van der Waals surface area (Å²) in [5, 5.41) is 0. The van der Waals surface area contributed by atoms with Gasteiger partial charge in [0.25, 0.3) is 5.91 Å². The van der Waals surface area contributed by atoms with Gasteiger partial charge in [0.1, 0.15) is 0 Å². The zero-order valence-electron chi connectivity index (χ0n) is 13.9. The number of thiophene rings is 1. The molecule has 2 amide bonds. The van der Waals surface area contributed by atoms with Gasteiger partial charge in [-0.2, -0.15) is 0 Å². The fourth-order valence-electron chi connectivity index (χ4n) is 3.13. The van der Waals surface area contributed by atoms with Gasteiger partial charge in [0.15, 0.2) is 5.58 Å². The van der Waals surface area contributed by atoms with E-state index in [4.69, 9.17) is 4.42 Å². The van der Waals surface area contributed by atoms with Crippen molar-refractivity contribution in [1.29, 1.82) is 0 Å². The Morgan fingerprint density at radius 3 is 2.88 bits per heavy atom. The van der Waals surface area contributed by atoms with E-state index >= 15 is 0 Å². The zero-order valence-corrected chi connectivity index (χ0v) is 14.7. The number of aryl methyl sites for hydroxylation is 3. The molecule has 0 bridgehead atoms. The molecule has 26 heavy (non-hydrogen) atoms. The average molecular weight is 371 g/mol. The number of nitrogens with one attached hydrogen (secondary N) is 2. The number of amides is 2. The molecule has 134 valence electrons. The molecule has 4 rings (SSSR count). The number of carbonyl (C=O) groups is 2. The van der Waals surface area contributed by atoms with Crippen LogP contribution in [0.2, 0.25) is 0 Å². The highest BCUT2D eigenvalue weighted by Gasteiger charge is 2.18. The first-order chi connectivity index (χ1) is 12.6. The number of nitrogens with zero attached hydrogens (tertiary/aromatic N) is 1. The van der Waals surface area contributed by atoms with Crippen LogP contribution in [0.25, 0.3) is 11.1 Å². The predicted molar refractivity (Wildman–Crippen MR) is 97.0 cm³/mol. The lowest BCUT2D eigenvalue weighted by Crippen LogP contribution is -2.41. The van der Waals surface area contributed by atoms with E-state index < -0.39 is 5.76 Å². The zero-order chi connectivity index (χ0) is 18.1. The number of benzene rings is 1. The number of fused-ring (bicyclic) bond motifs is 2. The van der Waals surface area contributed by atoms with Gasteiger partial charge in [-0.1, -0.05) is 12.1 Å². The van der Waals surface area contributed by atoms with Crippen molar-refractivity contribution in [3.8, 4) is 0 Å². The highest BCUT2D eigenvalue weighted by Crippen LogP contribution is 2.30. The summed E-state index contributed by atoms with van der Waals surface area (Å²) in [6, 6.07) is 8.93. The predicted octanol–water partition coefficient (Wildman–Crippen LogP) is 2.00. The first-order valence-corrected chi connectivity index (χ1v) is 9.22. The van der Waals surface area contributed by atoms with Crippen molar-refractivity contribution in [2.24, 2.45) is 0 Å². The van der Waals surface area contributed by atoms with Gasteiger partial charge in [0.05, 0.1) is 10.4 Å². The molecule has 0 aliphatic heterocycles. The number of hydrogen-bond donors (Lipinski definition) is 2. The molecule has 0 atom stereocenters. The monoisotopic (exact) mass is 371 g/mol. The third-order valence-corrected chi connectivity index (χ3v) is 5.66. The molecule has 0 fully saturated rings. The Hall–Kier alpha value is -2.87. The molecule has 1 aliphatic carbocycles. The maximum atomic E-state index is 12.1. The summed E-state index contributed by atoms with van der Waals surface area (Å²) in [6.45, 7) is 0.171. The van der Waals surface area contributed by atoms with Crippen molar-refractivity contribution in [2.75, 3.05) is 0 Å². The second kappa shape index (κ2) is 6.80. The number of hydrazine groups is 1. The van der Waals surface area contributed by atoms with Crippen LogP contribution in [0.15, 0.2) is 39.5 Å². The summed E-state index contributed by atoms with van der Waals surface area (Å²) in [5.41, 5.74) is 7.19. The maximum Gasteiger partial charge on any atom is 0.419 e. The van der Waals surface area contributed by atoms with Crippen LogP contribution >= 0.6 is 11.3 Å². The van der Waals surface area contributed by atoms with Crippen LogP contribution in [0.3, 0.4) is 0 Å². The van der Waals surface area contributed by atoms with Crippen LogP contribution in [0, 0.1) is 0 Å². The van der Waals surface area contributed by atoms with Crippen molar-refractivity contribution in [1.82, 2.24) is 15.4 Å². The summed E-state index contributed by atoms with van der Waals surface area (Å²) in [4.78, 5) is 37.9. The number of oxazole rings is 1. The minimum atomic E-state index is -0.504. The largest absolute Gasteiger partial charge is 0.419 e. The number of para-hydroxylation sites is 2. The van der Waals surface area contributed by atoms with E-state index in [0.29, 0.717) is 16.0 Å². The van der Waals surface area contributed by atoms with Gasteiger partial charge in [-0.25, -0.2) is 4.79 Å². The number of hydrogen-bond acceptors (Lipinski definition) is 5. The minimum absolute atomic E-state index is 0.0463. The van der Waals surface area contributed by atoms with Gasteiger partial charge in [-0.3, -0.25) is 25.0 Å². The molecule has 2 N–H and O–H groups in total. The number of carbonyl (C=O) groups excluding carboxylic acids is 2. The lowest BCUT2D eigenvalue weighted by atomic mass is 10.2. The van der Waals surface area contributed by atoms with E-state index in [9.17, 15) is 14.4 Å². The fourth-order valence-corrected chi connectivity index (χ4v) is 4.28. The summed E-state index contributed by atoms with van der Waals surface area (Å²) >= 11 is 1.48. The molecule has 1 aromatic carbocycles. The molecular formula is C18H17N3O4S. The Bertz CT molecular complexity index is 1020. The van der Waals surface area contributed by atoms with Gasteiger partial charge in [0.2, 0.25) is 5.91 Å². The molecule has 8 heteroatoms. The number of rotatable bonds is 4. The quantitative estimate of drug-likeness (QED) is 0.686. The van der Waals surface area contributed by atoms with E-state index in [1.165, 1.54) is 26.3 Å². The first kappa shape index (κ1) is 16.6. The van der Waals surface area contributed by atoms with Crippen molar-refractivity contribution in [3.63, 3.8) is 0 Å². The summed E-state index contributed by atoms with van der Waals surface area (Å²) in [7, 11) is 0. The molecule has 2 heterocycles. The third-order valence-electron chi connectivity index (χ3n) is 4.42. The molecule has 0 unspecified atom stereocenters. The molecule has 0 saturated heterocycles. The normalized spacial score (nSPS) is 12.9. The highest BCUT2D eigenvalue weighted by molar-refractivity contribution is 7.14. The second-order valence-corrected chi connectivity index (χ2v) is 7.29. The molecule has 0 spiro atoms. The third kappa shape index (κ3) is 3.15. The van der Waals surface area contributed by atoms with Gasteiger partial charge in [-0.05, 0) is 43.0 Å². The lowest BCUT2D eigenvalue weighted by Gasteiger charge is -2.06. The Kier molecular flexibility index (Phi) is 4.34. The van der Waals surface area contributed by atoms with Crippen LogP contribution in [0.4, 0.5) is 0 Å². The van der Waals surface area contributed by atoms with E-state index in [1.807, 2.05) is 6.07 Å². The van der Waals surface area contributed by atoms with Crippen LogP contribution in [-0.2, 0) is 24.2 Å². The van der Waals surface area contributed by atoms with Crippen molar-refractivity contribution in [2.45, 2.75) is 32.2 Å². The van der Waals surface area contributed by atoms with Gasteiger partial charge in [-0.15, -0.1) is 11.3 Å². The fraction of sp³-hybridized carbons (Fsp3) is 0.278. The second-order valence-electron chi connectivity index (χ2n) is 6.15. The molecule has 0 saturated carbocycles. The molecule has 3 aromatic rings. The summed E-state index contributed by atoms with van der Waals surface area (Å²) in [5.74, 6) is -1.19. The van der Waals surface area contributed by atoms with Crippen LogP contribution in [0.1, 0.15) is 33.0 Å². The van der Waals surface area contributed by atoms with Crippen LogP contribution < -0.4 is 16.6 Å². The molecule has 0 radical (unpaired) electrons. The van der Waals surface area contributed by atoms with E-state index in [0.717, 1.165) is 19.3 Å². The van der Waals surface area contributed by atoms with Crippen molar-refractivity contribution < 1.29 is 14.0 Å². The highest BCUT2D eigenvalue weighted by atomic mass is 32.1. The first-order valence-electron chi connectivity index (χ1n) is 8.41. The van der Waals surface area contributed by atoms with Crippen molar-refractivity contribution in [3.05, 3.63) is 56.2 Å². The lowest BCUT2D eigenvalue weighted by molar-refractivity contribution is -0.122. The van der Waals surface area contributed by atoms with E-state index in [2.05, 4.69) is 10.9 Å². The Labute approximate surface area is 152 Å². The standard InChI is InChI=1S/C18H17N3O4S/c22-16(8-9-21-12-5-1-2-6-13(12)25-18(21)24)19-20-17(23)15-10-11-4-3-7-14(11)26-15/h1-2,5-6,10H,3-4,7-9H2,(H,19,22)(H,20,23). The SMILES string of the molecule is O=C(CCn1c(=O)oc2ccccc21)NNC(=O)c1cc2c(s1)CCC2. The average Bonchev–Trinajstić information content (AvgIpc) is 3.30. The summed E-state index contributed by atoms with van der Waals surface area (Å²) in [6.07, 6.45) is 3.22. The van der Waals surface area contributed by atoms with E-state index in [1.54, 1.807) is 24.3 Å². The minimum Gasteiger partial charge on any atom is -0.408 e. The molecule has 1 aliphatic rings. The number of aromatic nitrogens is 1. The van der Waals surface area contributed by atoms with Crippen molar-refractivity contribution >= 4 is 34.3 Å². The Balaban J connectivity index is 1.33. The smallest absolute Gasteiger partial charge is 0.408 e. The molecular weight excluding hydrogens is 354 g/mol. The topological polar surface area (TPSA) is 93.3 Å². The molecule has 7 nitrogen and oxygen atoms in total. The Morgan fingerprint density at radius 2 is 2.04 bits per heavy atom. The Morgan fingerprint density at radius 1 is 1.19 bits per heavy atom. The van der Waals surface area contributed by atoms with E-state index in [-0.39, 0.29) is 24.8 Å². The van der Waals surface area contributed by atoms with Gasteiger partial charge >= 0.3 is 5.76 Å². The van der Waals surface area contributed by atoms with Crippen LogP contribution in [-0.4, -0.2) is 16.4 Å². The maximum absolute atomic E-state index is 12.1.